The van der Waals surface area contributed by atoms with E-state index in [1.165, 1.54) is 10.4 Å². The Labute approximate surface area is 177 Å². The molecule has 0 saturated carbocycles. The number of likely N-dealkylation sites (tertiary alicyclic amines) is 1. The van der Waals surface area contributed by atoms with Crippen LogP contribution in [0.3, 0.4) is 0 Å². The van der Waals surface area contributed by atoms with Gasteiger partial charge in [-0.25, -0.2) is 9.98 Å². The van der Waals surface area contributed by atoms with Crippen molar-refractivity contribution in [3.8, 4) is 0 Å². The molecule has 2 saturated heterocycles. The minimum Gasteiger partial charge on any atom is -0.373 e. The van der Waals surface area contributed by atoms with Gasteiger partial charge in [-0.3, -0.25) is 4.90 Å². The zero-order valence-corrected chi connectivity index (χ0v) is 18.4. The summed E-state index contributed by atoms with van der Waals surface area (Å²) in [7, 11) is 0. The van der Waals surface area contributed by atoms with Crippen LogP contribution in [0.25, 0.3) is 0 Å². The van der Waals surface area contributed by atoms with Crippen LogP contribution < -0.4 is 5.32 Å². The van der Waals surface area contributed by atoms with Crippen molar-refractivity contribution >= 4 is 17.3 Å². The first kappa shape index (κ1) is 20.3. The average Bonchev–Trinajstić information content (AvgIpc) is 3.29. The van der Waals surface area contributed by atoms with Crippen molar-refractivity contribution in [1.82, 2.24) is 20.1 Å². The Morgan fingerprint density at radius 3 is 2.83 bits per heavy atom. The SMILES string of the molecule is CCNC(=NCc1sc(C)nc1C)N1CC2OCCN(Cc3ccccc3)C2C1. The number of nitrogens with zero attached hydrogens (tertiary/aromatic N) is 4. The molecule has 2 aliphatic heterocycles. The van der Waals surface area contributed by atoms with Crippen LogP contribution in [0.1, 0.15) is 28.1 Å². The van der Waals surface area contributed by atoms with E-state index >= 15 is 0 Å². The van der Waals surface area contributed by atoms with Crippen LogP contribution in [-0.2, 0) is 17.8 Å². The Balaban J connectivity index is 1.46. The average molecular weight is 414 g/mol. The van der Waals surface area contributed by atoms with Gasteiger partial charge < -0.3 is 15.0 Å². The summed E-state index contributed by atoms with van der Waals surface area (Å²) in [5.41, 5.74) is 2.46. The minimum absolute atomic E-state index is 0.240. The number of thiazole rings is 1. The molecule has 2 aromatic rings. The molecule has 156 valence electrons. The zero-order valence-electron chi connectivity index (χ0n) is 17.6. The molecular formula is C22H31N5OS. The number of aryl methyl sites for hydroxylation is 2. The van der Waals surface area contributed by atoms with Crippen molar-refractivity contribution in [2.24, 2.45) is 4.99 Å². The molecular weight excluding hydrogens is 382 g/mol. The summed E-state index contributed by atoms with van der Waals surface area (Å²) < 4.78 is 6.14. The molecule has 1 aromatic heterocycles. The number of ether oxygens (including phenoxy) is 1. The number of hydrogen-bond acceptors (Lipinski definition) is 5. The summed E-state index contributed by atoms with van der Waals surface area (Å²) in [6.07, 6.45) is 0.240. The van der Waals surface area contributed by atoms with E-state index in [1.54, 1.807) is 11.3 Å². The van der Waals surface area contributed by atoms with Gasteiger partial charge in [-0.1, -0.05) is 30.3 Å². The Hall–Kier alpha value is -1.96. The maximum Gasteiger partial charge on any atom is 0.194 e. The van der Waals surface area contributed by atoms with E-state index < -0.39 is 0 Å². The number of rotatable bonds is 5. The van der Waals surface area contributed by atoms with Gasteiger partial charge in [0.05, 0.1) is 36.0 Å². The monoisotopic (exact) mass is 413 g/mol. The lowest BCUT2D eigenvalue weighted by Crippen LogP contribution is -2.50. The van der Waals surface area contributed by atoms with E-state index in [2.05, 4.69) is 71.2 Å². The molecule has 0 radical (unpaired) electrons. The lowest BCUT2D eigenvalue weighted by Gasteiger charge is -2.36. The fraction of sp³-hybridized carbons (Fsp3) is 0.545. The van der Waals surface area contributed by atoms with Gasteiger partial charge in [-0.05, 0) is 26.3 Å². The van der Waals surface area contributed by atoms with Gasteiger partial charge in [0.1, 0.15) is 0 Å². The van der Waals surface area contributed by atoms with Crippen molar-refractivity contribution in [2.45, 2.75) is 46.0 Å². The second-order valence-corrected chi connectivity index (χ2v) is 9.04. The Kier molecular flexibility index (Phi) is 6.47. The van der Waals surface area contributed by atoms with E-state index in [-0.39, 0.29) is 6.10 Å². The highest BCUT2D eigenvalue weighted by atomic mass is 32.1. The standard InChI is InChI=1S/C22H31N5OS/c1-4-23-22(24-12-21-16(2)25-17(3)29-21)27-14-19-20(15-27)28-11-10-26(19)13-18-8-6-5-7-9-18/h5-9,19-20H,4,10-15H2,1-3H3,(H,23,24). The van der Waals surface area contributed by atoms with Crippen LogP contribution in [0, 0.1) is 13.8 Å². The van der Waals surface area contributed by atoms with Crippen molar-refractivity contribution in [2.75, 3.05) is 32.8 Å². The topological polar surface area (TPSA) is 53.0 Å². The number of aliphatic imine (C=N–C) groups is 1. The van der Waals surface area contributed by atoms with Crippen LogP contribution in [-0.4, -0.2) is 65.7 Å². The largest absolute Gasteiger partial charge is 0.373 e. The zero-order chi connectivity index (χ0) is 20.2. The number of aromatic nitrogens is 1. The molecule has 0 spiro atoms. The van der Waals surface area contributed by atoms with Gasteiger partial charge in [0.15, 0.2) is 5.96 Å². The van der Waals surface area contributed by atoms with Crippen molar-refractivity contribution in [3.63, 3.8) is 0 Å². The molecule has 2 aliphatic rings. The molecule has 4 rings (SSSR count). The third-order valence-electron chi connectivity index (χ3n) is 5.65. The number of guanidine groups is 1. The third-order valence-corrected chi connectivity index (χ3v) is 6.71. The predicted molar refractivity (Wildman–Crippen MR) is 118 cm³/mol. The first-order valence-electron chi connectivity index (χ1n) is 10.5. The molecule has 2 unspecified atom stereocenters. The third kappa shape index (κ3) is 4.79. The molecule has 0 bridgehead atoms. The summed E-state index contributed by atoms with van der Waals surface area (Å²) in [5.74, 6) is 0.982. The molecule has 1 aromatic carbocycles. The highest BCUT2D eigenvalue weighted by molar-refractivity contribution is 7.11. The molecule has 0 amide bonds. The molecule has 2 fully saturated rings. The van der Waals surface area contributed by atoms with Crippen LogP contribution in [0.5, 0.6) is 0 Å². The molecule has 6 nitrogen and oxygen atoms in total. The number of fused-ring (bicyclic) bond motifs is 1. The first-order chi connectivity index (χ1) is 14.1. The van der Waals surface area contributed by atoms with Gasteiger partial charge in [-0.15, -0.1) is 11.3 Å². The Morgan fingerprint density at radius 2 is 2.10 bits per heavy atom. The van der Waals surface area contributed by atoms with Crippen LogP contribution in [0.4, 0.5) is 0 Å². The normalized spacial score (nSPS) is 22.7. The lowest BCUT2D eigenvalue weighted by molar-refractivity contribution is -0.0502. The van der Waals surface area contributed by atoms with E-state index in [9.17, 15) is 0 Å². The Morgan fingerprint density at radius 1 is 1.28 bits per heavy atom. The van der Waals surface area contributed by atoms with Crippen LogP contribution in [0.2, 0.25) is 0 Å². The summed E-state index contributed by atoms with van der Waals surface area (Å²) in [5, 5.41) is 4.59. The minimum atomic E-state index is 0.240. The molecule has 29 heavy (non-hydrogen) atoms. The number of nitrogens with one attached hydrogen (secondary N) is 1. The maximum atomic E-state index is 6.14. The van der Waals surface area contributed by atoms with E-state index in [4.69, 9.17) is 9.73 Å². The summed E-state index contributed by atoms with van der Waals surface area (Å²) in [6.45, 7) is 12.4. The van der Waals surface area contributed by atoms with E-state index in [1.807, 2.05) is 0 Å². The van der Waals surface area contributed by atoms with Gasteiger partial charge >= 0.3 is 0 Å². The lowest BCUT2D eigenvalue weighted by atomic mass is 10.1. The van der Waals surface area contributed by atoms with Crippen molar-refractivity contribution in [1.29, 1.82) is 0 Å². The molecule has 0 aliphatic carbocycles. The number of morpholine rings is 1. The highest BCUT2D eigenvalue weighted by Crippen LogP contribution is 2.25. The van der Waals surface area contributed by atoms with Crippen molar-refractivity contribution < 1.29 is 4.74 Å². The molecule has 2 atom stereocenters. The summed E-state index contributed by atoms with van der Waals surface area (Å²) in [6, 6.07) is 11.1. The van der Waals surface area contributed by atoms with Crippen LogP contribution in [0.15, 0.2) is 35.3 Å². The first-order valence-corrected chi connectivity index (χ1v) is 11.3. The van der Waals surface area contributed by atoms with Crippen molar-refractivity contribution in [3.05, 3.63) is 51.5 Å². The Bertz CT molecular complexity index is 837. The molecule has 1 N–H and O–H groups in total. The number of hydrogen-bond donors (Lipinski definition) is 1. The second-order valence-electron chi connectivity index (χ2n) is 7.75. The second kappa shape index (κ2) is 9.24. The van der Waals surface area contributed by atoms with Gasteiger partial charge in [0.25, 0.3) is 0 Å². The summed E-state index contributed by atoms with van der Waals surface area (Å²) >= 11 is 1.74. The van der Waals surface area contributed by atoms with E-state index in [0.29, 0.717) is 12.6 Å². The van der Waals surface area contributed by atoms with Gasteiger partial charge in [0.2, 0.25) is 0 Å². The highest BCUT2D eigenvalue weighted by Gasteiger charge is 2.41. The quantitative estimate of drug-likeness (QED) is 0.603. The van der Waals surface area contributed by atoms with Gasteiger partial charge in [0, 0.05) is 37.6 Å². The number of benzene rings is 1. The fourth-order valence-electron chi connectivity index (χ4n) is 4.24. The summed E-state index contributed by atoms with van der Waals surface area (Å²) in [4.78, 5) is 15.7. The maximum absolute atomic E-state index is 6.14. The fourth-order valence-corrected chi connectivity index (χ4v) is 5.10. The predicted octanol–water partition coefficient (Wildman–Crippen LogP) is 2.81. The van der Waals surface area contributed by atoms with Gasteiger partial charge in [-0.2, -0.15) is 0 Å². The van der Waals surface area contributed by atoms with E-state index in [0.717, 1.165) is 56.0 Å². The van der Waals surface area contributed by atoms with Crippen LogP contribution >= 0.6 is 11.3 Å². The smallest absolute Gasteiger partial charge is 0.194 e. The molecule has 3 heterocycles. The molecule has 7 heteroatoms.